The molecule has 0 fully saturated rings. The number of carbonyl (C=O) groups excluding carboxylic acids is 1. The minimum absolute atomic E-state index is 0.222. The van der Waals surface area contributed by atoms with Crippen LogP contribution in [-0.4, -0.2) is 23.9 Å². The second kappa shape index (κ2) is 5.88. The highest BCUT2D eigenvalue weighted by Crippen LogP contribution is 2.26. The van der Waals surface area contributed by atoms with Crippen LogP contribution in [0, 0.1) is 0 Å². The van der Waals surface area contributed by atoms with Gasteiger partial charge in [0, 0.05) is 6.07 Å². The summed E-state index contributed by atoms with van der Waals surface area (Å²) < 4.78 is 69.0. The number of hydrogen-bond donors (Lipinski definition) is 1. The van der Waals surface area contributed by atoms with E-state index in [2.05, 4.69) is 9.47 Å². The number of aromatic nitrogens is 1. The van der Waals surface area contributed by atoms with Crippen LogP contribution >= 0.6 is 0 Å². The number of esters is 1. The molecule has 0 spiro atoms. The van der Waals surface area contributed by atoms with Gasteiger partial charge in [0.1, 0.15) is 0 Å². The maximum absolute atomic E-state index is 12.4. The average Bonchev–Trinajstić information content (AvgIpc) is 2.25. The number of nitrogens with one attached hydrogen (secondary N) is 1. The fourth-order valence-electron chi connectivity index (χ4n) is 1.26. The Morgan fingerprint density at radius 3 is 2.45 bits per heavy atom. The average molecular weight is 301 g/mol. The van der Waals surface area contributed by atoms with Crippen LogP contribution in [0.1, 0.15) is 29.4 Å². The quantitative estimate of drug-likeness (QED) is 0.685. The van der Waals surface area contributed by atoms with Gasteiger partial charge in [-0.1, -0.05) is 0 Å². The predicted octanol–water partition coefficient (Wildman–Crippen LogP) is 2.39. The Hall–Kier alpha value is -2.13. The standard InChI is InChI=1S/C10H8F5NO4/c1-2-19-9(18)6-5(17)3-4(7(11)12)16-8(6)20-10(13,14)15/h3,7H,2H2,1H3,(H,16,17). The summed E-state index contributed by atoms with van der Waals surface area (Å²) >= 11 is 0. The van der Waals surface area contributed by atoms with E-state index in [-0.39, 0.29) is 6.61 Å². The zero-order chi connectivity index (χ0) is 15.5. The second-order valence-corrected chi connectivity index (χ2v) is 3.36. The first kappa shape index (κ1) is 15.9. The third-order valence-corrected chi connectivity index (χ3v) is 1.95. The van der Waals surface area contributed by atoms with E-state index in [9.17, 15) is 31.5 Å². The molecule has 0 amide bonds. The van der Waals surface area contributed by atoms with Crippen molar-refractivity contribution in [2.45, 2.75) is 19.7 Å². The van der Waals surface area contributed by atoms with Gasteiger partial charge in [0.2, 0.25) is 11.3 Å². The molecular weight excluding hydrogens is 293 g/mol. The van der Waals surface area contributed by atoms with Crippen LogP contribution in [0.4, 0.5) is 22.0 Å². The highest BCUT2D eigenvalue weighted by molar-refractivity contribution is 5.91. The Kier molecular flexibility index (Phi) is 4.69. The first-order valence-electron chi connectivity index (χ1n) is 5.14. The zero-order valence-electron chi connectivity index (χ0n) is 9.88. The SMILES string of the molecule is CCOC(=O)c1c(OC(F)(F)F)[nH]c(C(F)F)cc1=O. The number of rotatable bonds is 4. The van der Waals surface area contributed by atoms with Gasteiger partial charge < -0.3 is 14.5 Å². The molecule has 0 aliphatic carbocycles. The summed E-state index contributed by atoms with van der Waals surface area (Å²) in [6, 6.07) is 0.306. The van der Waals surface area contributed by atoms with E-state index in [4.69, 9.17) is 0 Å². The summed E-state index contributed by atoms with van der Waals surface area (Å²) in [5.74, 6) is -2.84. The van der Waals surface area contributed by atoms with E-state index in [1.54, 1.807) is 4.98 Å². The summed E-state index contributed by atoms with van der Waals surface area (Å²) in [7, 11) is 0. The maximum atomic E-state index is 12.4. The van der Waals surface area contributed by atoms with Gasteiger partial charge in [-0.05, 0) is 6.92 Å². The number of H-pyrrole nitrogens is 1. The minimum atomic E-state index is -5.27. The lowest BCUT2D eigenvalue weighted by Gasteiger charge is -2.13. The Labute approximate surface area is 108 Å². The van der Waals surface area contributed by atoms with Crippen molar-refractivity contribution in [3.8, 4) is 5.88 Å². The molecule has 0 unspecified atom stereocenters. The van der Waals surface area contributed by atoms with Crippen LogP contribution in [0.15, 0.2) is 10.9 Å². The van der Waals surface area contributed by atoms with E-state index in [0.29, 0.717) is 6.07 Å². The van der Waals surface area contributed by atoms with Crippen molar-refractivity contribution in [1.29, 1.82) is 0 Å². The van der Waals surface area contributed by atoms with Crippen LogP contribution in [0.5, 0.6) is 5.88 Å². The smallest absolute Gasteiger partial charge is 0.462 e. The molecule has 0 aliphatic rings. The molecule has 1 rings (SSSR count). The molecule has 0 aromatic carbocycles. The Balaban J connectivity index is 3.40. The highest BCUT2D eigenvalue weighted by atomic mass is 19.4. The van der Waals surface area contributed by atoms with Crippen LogP contribution in [0.2, 0.25) is 0 Å². The summed E-state index contributed by atoms with van der Waals surface area (Å²) in [6.45, 7) is 1.13. The first-order chi connectivity index (χ1) is 9.15. The van der Waals surface area contributed by atoms with Crippen LogP contribution in [0.3, 0.4) is 0 Å². The maximum Gasteiger partial charge on any atom is 0.574 e. The molecule has 1 N–H and O–H groups in total. The highest BCUT2D eigenvalue weighted by Gasteiger charge is 2.35. The minimum Gasteiger partial charge on any atom is -0.462 e. The van der Waals surface area contributed by atoms with Gasteiger partial charge in [-0.25, -0.2) is 13.6 Å². The van der Waals surface area contributed by atoms with Gasteiger partial charge in [0.25, 0.3) is 6.43 Å². The van der Waals surface area contributed by atoms with Crippen LogP contribution < -0.4 is 10.2 Å². The van der Waals surface area contributed by atoms with Gasteiger partial charge in [-0.3, -0.25) is 4.79 Å². The monoisotopic (exact) mass is 301 g/mol. The van der Waals surface area contributed by atoms with E-state index < -0.39 is 41.3 Å². The first-order valence-corrected chi connectivity index (χ1v) is 5.14. The van der Waals surface area contributed by atoms with Crippen molar-refractivity contribution in [3.63, 3.8) is 0 Å². The van der Waals surface area contributed by atoms with E-state index in [1.165, 1.54) is 6.92 Å². The van der Waals surface area contributed by atoms with Crippen molar-refractivity contribution in [1.82, 2.24) is 4.98 Å². The number of pyridine rings is 1. The fraction of sp³-hybridized carbons (Fsp3) is 0.400. The molecule has 0 aliphatic heterocycles. The lowest BCUT2D eigenvalue weighted by atomic mass is 10.2. The van der Waals surface area contributed by atoms with Crippen LogP contribution in [-0.2, 0) is 4.74 Å². The van der Waals surface area contributed by atoms with Gasteiger partial charge in [0.15, 0.2) is 5.56 Å². The lowest BCUT2D eigenvalue weighted by molar-refractivity contribution is -0.276. The molecule has 0 saturated carbocycles. The van der Waals surface area contributed by atoms with E-state index in [1.807, 2.05) is 0 Å². The van der Waals surface area contributed by atoms with Crippen molar-refractivity contribution < 1.29 is 36.2 Å². The van der Waals surface area contributed by atoms with Gasteiger partial charge in [-0.15, -0.1) is 13.2 Å². The Morgan fingerprint density at radius 2 is 2.00 bits per heavy atom. The number of carbonyl (C=O) groups is 1. The lowest BCUT2D eigenvalue weighted by Crippen LogP contribution is -2.26. The van der Waals surface area contributed by atoms with Crippen molar-refractivity contribution >= 4 is 5.97 Å². The van der Waals surface area contributed by atoms with E-state index in [0.717, 1.165) is 0 Å². The number of alkyl halides is 5. The predicted molar refractivity (Wildman–Crippen MR) is 54.7 cm³/mol. The Bertz CT molecular complexity index is 552. The van der Waals surface area contributed by atoms with Crippen molar-refractivity contribution in [3.05, 3.63) is 27.5 Å². The van der Waals surface area contributed by atoms with Crippen molar-refractivity contribution in [2.24, 2.45) is 0 Å². The fourth-order valence-corrected chi connectivity index (χ4v) is 1.26. The Morgan fingerprint density at radius 1 is 1.40 bits per heavy atom. The molecule has 1 aromatic rings. The number of ether oxygens (including phenoxy) is 2. The molecule has 0 radical (unpaired) electrons. The largest absolute Gasteiger partial charge is 0.574 e. The number of aromatic amines is 1. The molecule has 112 valence electrons. The molecule has 10 heteroatoms. The summed E-state index contributed by atoms with van der Waals surface area (Å²) in [6.07, 6.45) is -8.51. The zero-order valence-corrected chi connectivity index (χ0v) is 9.88. The van der Waals surface area contributed by atoms with Gasteiger partial charge >= 0.3 is 12.3 Å². The molecular formula is C10H8F5NO4. The number of halogens is 5. The normalized spacial score (nSPS) is 11.6. The molecule has 5 nitrogen and oxygen atoms in total. The molecule has 1 aromatic heterocycles. The van der Waals surface area contributed by atoms with Crippen LogP contribution in [0.25, 0.3) is 0 Å². The van der Waals surface area contributed by atoms with Gasteiger partial charge in [-0.2, -0.15) is 0 Å². The van der Waals surface area contributed by atoms with E-state index >= 15 is 0 Å². The topological polar surface area (TPSA) is 68.4 Å². The molecule has 0 bridgehead atoms. The third-order valence-electron chi connectivity index (χ3n) is 1.95. The molecule has 1 heterocycles. The summed E-state index contributed by atoms with van der Waals surface area (Å²) in [5.41, 5.74) is -3.60. The number of hydrogen-bond acceptors (Lipinski definition) is 4. The molecule has 20 heavy (non-hydrogen) atoms. The second-order valence-electron chi connectivity index (χ2n) is 3.36. The van der Waals surface area contributed by atoms with Crippen molar-refractivity contribution in [2.75, 3.05) is 6.61 Å². The molecule has 0 atom stereocenters. The van der Waals surface area contributed by atoms with Gasteiger partial charge in [0.05, 0.1) is 12.3 Å². The summed E-state index contributed by atoms with van der Waals surface area (Å²) in [5, 5.41) is 0. The molecule has 0 saturated heterocycles. The summed E-state index contributed by atoms with van der Waals surface area (Å²) in [4.78, 5) is 24.4. The third kappa shape index (κ3) is 3.93.